The minimum Gasteiger partial charge on any atom is -0.276 e. The SMILES string of the molecule is c1ccc(-c2nc(-n3c4c5c(ccc4c4ccc6ccccc6c43)C3(c4ccccc4S5)c4ccccc4-c4ccccc43)nc3ncccc23)cc1. The van der Waals surface area contributed by atoms with Gasteiger partial charge in [-0.15, -0.1) is 0 Å². The predicted octanol–water partition coefficient (Wildman–Crippen LogP) is 11.8. The summed E-state index contributed by atoms with van der Waals surface area (Å²) in [5.74, 6) is 0.612. The Morgan fingerprint density at radius 3 is 1.96 bits per heavy atom. The minimum atomic E-state index is -0.497. The molecule has 2 aliphatic rings. The van der Waals surface area contributed by atoms with Gasteiger partial charge in [-0.2, -0.15) is 4.98 Å². The first kappa shape index (κ1) is 29.1. The van der Waals surface area contributed by atoms with Crippen molar-refractivity contribution in [1.82, 2.24) is 19.5 Å². The monoisotopic (exact) mass is 692 g/mol. The molecule has 12 rings (SSSR count). The standard InChI is InChI=1S/C48H28N4S/c1-2-14-30(15-3-1)42-36-19-12-28-49-46(36)51-47(50-42)52-43-31-16-5-4-13-29(31)24-25-34(43)35-26-27-40-45(44(35)52)53-41-23-11-10-22-39(41)48(40)37-20-8-6-17-32(37)33-18-7-9-21-38(33)48/h1-28H. The van der Waals surface area contributed by atoms with Gasteiger partial charge in [0.25, 0.3) is 0 Å². The predicted molar refractivity (Wildman–Crippen MR) is 216 cm³/mol. The van der Waals surface area contributed by atoms with Crippen molar-refractivity contribution in [2.75, 3.05) is 0 Å². The quantitative estimate of drug-likeness (QED) is 0.181. The Balaban J connectivity index is 1.29. The van der Waals surface area contributed by atoms with E-state index in [-0.39, 0.29) is 0 Å². The van der Waals surface area contributed by atoms with E-state index in [4.69, 9.17) is 15.0 Å². The third kappa shape index (κ3) is 3.79. The molecular weight excluding hydrogens is 665 g/mol. The fourth-order valence-electron chi connectivity index (χ4n) is 9.24. The maximum atomic E-state index is 5.48. The van der Waals surface area contributed by atoms with E-state index in [9.17, 15) is 0 Å². The fraction of sp³-hybridized carbons (Fsp3) is 0.0208. The number of nitrogens with zero attached hydrogens (tertiary/aromatic N) is 4. The van der Waals surface area contributed by atoms with Gasteiger partial charge >= 0.3 is 0 Å². The van der Waals surface area contributed by atoms with Crippen molar-refractivity contribution in [3.63, 3.8) is 0 Å². The van der Waals surface area contributed by atoms with Gasteiger partial charge in [0.1, 0.15) is 0 Å². The molecule has 0 N–H and O–H groups in total. The van der Waals surface area contributed by atoms with Crippen molar-refractivity contribution in [1.29, 1.82) is 0 Å². The molecule has 0 radical (unpaired) electrons. The summed E-state index contributed by atoms with van der Waals surface area (Å²) in [4.78, 5) is 18.1. The Labute approximate surface area is 309 Å². The molecule has 10 aromatic rings. The molecule has 4 heterocycles. The molecule has 7 aromatic carbocycles. The molecule has 1 aliphatic heterocycles. The highest BCUT2D eigenvalue weighted by Crippen LogP contribution is 2.63. The van der Waals surface area contributed by atoms with Crippen LogP contribution in [0.25, 0.3) is 71.9 Å². The first-order valence-electron chi connectivity index (χ1n) is 18.0. The molecule has 0 atom stereocenters. The van der Waals surface area contributed by atoms with Gasteiger partial charge in [0.2, 0.25) is 5.95 Å². The number of rotatable bonds is 2. The van der Waals surface area contributed by atoms with Gasteiger partial charge in [0.15, 0.2) is 5.65 Å². The van der Waals surface area contributed by atoms with E-state index in [1.54, 1.807) is 0 Å². The third-order valence-electron chi connectivity index (χ3n) is 11.3. The second-order valence-electron chi connectivity index (χ2n) is 13.9. The van der Waals surface area contributed by atoms with Crippen LogP contribution < -0.4 is 0 Å². The molecule has 0 saturated heterocycles. The normalized spacial score (nSPS) is 13.7. The van der Waals surface area contributed by atoms with Crippen LogP contribution in [0.4, 0.5) is 0 Å². The molecule has 3 aromatic heterocycles. The van der Waals surface area contributed by atoms with Crippen molar-refractivity contribution in [3.8, 4) is 28.3 Å². The van der Waals surface area contributed by atoms with Crippen LogP contribution in [0.15, 0.2) is 180 Å². The van der Waals surface area contributed by atoms with Crippen LogP contribution in [0.2, 0.25) is 0 Å². The largest absolute Gasteiger partial charge is 0.276 e. The summed E-state index contributed by atoms with van der Waals surface area (Å²) in [6.45, 7) is 0. The van der Waals surface area contributed by atoms with Crippen molar-refractivity contribution < 1.29 is 0 Å². The first-order chi connectivity index (χ1) is 26.3. The van der Waals surface area contributed by atoms with Gasteiger partial charge in [-0.1, -0.05) is 157 Å². The number of fused-ring (bicyclic) bond motifs is 16. The molecular formula is C48H28N4S. The zero-order valence-corrected chi connectivity index (χ0v) is 29.2. The Morgan fingerprint density at radius 2 is 1.13 bits per heavy atom. The Hall–Kier alpha value is -6.56. The molecule has 246 valence electrons. The number of aromatic nitrogens is 4. The highest BCUT2D eigenvalue weighted by Gasteiger charge is 2.50. The lowest BCUT2D eigenvalue weighted by Crippen LogP contribution is -2.32. The molecule has 0 unspecified atom stereocenters. The molecule has 0 amide bonds. The summed E-state index contributed by atoms with van der Waals surface area (Å²) in [5.41, 5.74) is 12.1. The molecule has 1 aliphatic carbocycles. The zero-order chi connectivity index (χ0) is 34.7. The van der Waals surface area contributed by atoms with E-state index in [1.807, 2.05) is 30.1 Å². The smallest absolute Gasteiger partial charge is 0.237 e. The van der Waals surface area contributed by atoms with E-state index in [0.717, 1.165) is 33.1 Å². The van der Waals surface area contributed by atoms with Crippen molar-refractivity contribution in [3.05, 3.63) is 192 Å². The lowest BCUT2D eigenvalue weighted by atomic mass is 9.67. The molecule has 4 nitrogen and oxygen atoms in total. The zero-order valence-electron chi connectivity index (χ0n) is 28.4. The number of hydrogen-bond donors (Lipinski definition) is 0. The van der Waals surface area contributed by atoms with Gasteiger partial charge in [-0.25, -0.2) is 9.97 Å². The molecule has 0 fully saturated rings. The topological polar surface area (TPSA) is 43.6 Å². The van der Waals surface area contributed by atoms with Crippen molar-refractivity contribution in [2.45, 2.75) is 15.2 Å². The Bertz CT molecular complexity index is 3120. The maximum Gasteiger partial charge on any atom is 0.237 e. The van der Waals surface area contributed by atoms with Crippen LogP contribution in [0.3, 0.4) is 0 Å². The average molecular weight is 693 g/mol. The second kappa shape index (κ2) is 10.7. The summed E-state index contributed by atoms with van der Waals surface area (Å²) in [5, 5.41) is 5.61. The van der Waals surface area contributed by atoms with E-state index in [0.29, 0.717) is 11.6 Å². The first-order valence-corrected chi connectivity index (χ1v) is 18.8. The van der Waals surface area contributed by atoms with Crippen molar-refractivity contribution in [2.24, 2.45) is 0 Å². The minimum absolute atomic E-state index is 0.497. The van der Waals surface area contributed by atoms with E-state index >= 15 is 0 Å². The fourth-order valence-corrected chi connectivity index (χ4v) is 10.6. The lowest BCUT2D eigenvalue weighted by Gasteiger charge is -2.40. The van der Waals surface area contributed by atoms with E-state index in [1.165, 1.54) is 59.3 Å². The summed E-state index contributed by atoms with van der Waals surface area (Å²) < 4.78 is 2.34. The van der Waals surface area contributed by atoms with Crippen LogP contribution in [0, 0.1) is 0 Å². The summed E-state index contributed by atoms with van der Waals surface area (Å²) in [6.07, 6.45) is 1.82. The lowest BCUT2D eigenvalue weighted by molar-refractivity contribution is 0.724. The Kier molecular flexibility index (Phi) is 5.89. The van der Waals surface area contributed by atoms with Gasteiger partial charge in [-0.3, -0.25) is 4.57 Å². The molecule has 0 bridgehead atoms. The highest BCUT2D eigenvalue weighted by atomic mass is 32.2. The van der Waals surface area contributed by atoms with Crippen molar-refractivity contribution >= 4 is 55.4 Å². The van der Waals surface area contributed by atoms with Crippen LogP contribution in [-0.4, -0.2) is 19.5 Å². The van der Waals surface area contributed by atoms with Crippen LogP contribution in [0.1, 0.15) is 22.3 Å². The van der Waals surface area contributed by atoms with Gasteiger partial charge < -0.3 is 0 Å². The van der Waals surface area contributed by atoms with Crippen LogP contribution in [0.5, 0.6) is 0 Å². The molecule has 5 heteroatoms. The summed E-state index contributed by atoms with van der Waals surface area (Å²) >= 11 is 1.86. The number of hydrogen-bond acceptors (Lipinski definition) is 4. The summed E-state index contributed by atoms with van der Waals surface area (Å²) in [7, 11) is 0. The second-order valence-corrected chi connectivity index (χ2v) is 15.0. The van der Waals surface area contributed by atoms with Gasteiger partial charge in [0, 0.05) is 43.1 Å². The number of benzene rings is 7. The average Bonchev–Trinajstić information content (AvgIpc) is 3.73. The van der Waals surface area contributed by atoms with E-state index < -0.39 is 5.41 Å². The third-order valence-corrected chi connectivity index (χ3v) is 12.5. The highest BCUT2D eigenvalue weighted by molar-refractivity contribution is 7.99. The molecule has 0 saturated carbocycles. The van der Waals surface area contributed by atoms with Gasteiger partial charge in [0.05, 0.1) is 22.1 Å². The Morgan fingerprint density at radius 1 is 0.472 bits per heavy atom. The summed E-state index contributed by atoms with van der Waals surface area (Å²) in [6, 6.07) is 59.3. The number of pyridine rings is 1. The van der Waals surface area contributed by atoms with Crippen LogP contribution in [-0.2, 0) is 5.41 Å². The van der Waals surface area contributed by atoms with Crippen LogP contribution >= 0.6 is 11.8 Å². The van der Waals surface area contributed by atoms with Gasteiger partial charge in [-0.05, 0) is 57.0 Å². The molecule has 53 heavy (non-hydrogen) atoms. The maximum absolute atomic E-state index is 5.48. The molecule has 1 spiro atoms. The van der Waals surface area contributed by atoms with E-state index in [2.05, 4.69) is 156 Å².